The van der Waals surface area contributed by atoms with Crippen LogP contribution < -0.4 is 16.0 Å². The second-order valence-electron chi connectivity index (χ2n) is 5.31. The number of nitrogens with zero attached hydrogens (tertiary/aromatic N) is 1. The lowest BCUT2D eigenvalue weighted by Crippen LogP contribution is -2.39. The van der Waals surface area contributed by atoms with Crippen LogP contribution in [0.1, 0.15) is 18.9 Å². The van der Waals surface area contributed by atoms with E-state index in [9.17, 15) is 9.18 Å². The van der Waals surface area contributed by atoms with Gasteiger partial charge in [-0.05, 0) is 25.5 Å². The molecule has 108 valence electrons. The predicted molar refractivity (Wildman–Crippen MR) is 81.3 cm³/mol. The van der Waals surface area contributed by atoms with E-state index >= 15 is 0 Å². The van der Waals surface area contributed by atoms with Crippen LogP contribution in [0.5, 0.6) is 0 Å². The Balaban J connectivity index is 2.34. The van der Waals surface area contributed by atoms with E-state index in [1.807, 2.05) is 11.8 Å². The molecule has 1 aromatic rings. The Morgan fingerprint density at radius 1 is 1.55 bits per heavy atom. The minimum Gasteiger partial charge on any atom is -0.389 e. The van der Waals surface area contributed by atoms with Crippen LogP contribution in [0.2, 0.25) is 0 Å². The van der Waals surface area contributed by atoms with Gasteiger partial charge in [-0.25, -0.2) is 4.39 Å². The minimum atomic E-state index is -0.478. The normalized spacial score (nSPS) is 21.9. The highest BCUT2D eigenvalue weighted by Crippen LogP contribution is 2.35. The average molecular weight is 295 g/mol. The maximum Gasteiger partial charge on any atom is 0.227 e. The van der Waals surface area contributed by atoms with Gasteiger partial charge < -0.3 is 16.0 Å². The van der Waals surface area contributed by atoms with Crippen LogP contribution in [-0.2, 0) is 4.79 Å². The van der Waals surface area contributed by atoms with Crippen LogP contribution in [0.15, 0.2) is 18.2 Å². The summed E-state index contributed by atoms with van der Waals surface area (Å²) >= 11 is 4.94. The van der Waals surface area contributed by atoms with Crippen molar-refractivity contribution in [2.75, 3.05) is 25.0 Å². The molecule has 1 saturated heterocycles. The first-order valence-electron chi connectivity index (χ1n) is 6.44. The van der Waals surface area contributed by atoms with Crippen molar-refractivity contribution in [2.24, 2.45) is 11.1 Å². The SMILES string of the molecule is CNC(=O)C1(C)CCN(c2cccc(F)c2C(N)=S)C1. The summed E-state index contributed by atoms with van der Waals surface area (Å²) in [4.78, 5) is 13.9. The van der Waals surface area contributed by atoms with E-state index in [4.69, 9.17) is 18.0 Å². The first-order chi connectivity index (χ1) is 9.39. The number of benzene rings is 1. The van der Waals surface area contributed by atoms with Crippen LogP contribution in [-0.4, -0.2) is 31.0 Å². The number of carbonyl (C=O) groups excluding carboxylic acids is 1. The van der Waals surface area contributed by atoms with E-state index < -0.39 is 11.2 Å². The van der Waals surface area contributed by atoms with Gasteiger partial charge in [0.25, 0.3) is 0 Å². The van der Waals surface area contributed by atoms with E-state index in [0.717, 1.165) is 0 Å². The summed E-state index contributed by atoms with van der Waals surface area (Å²) in [5, 5.41) is 2.68. The molecule has 1 atom stereocenters. The summed E-state index contributed by atoms with van der Waals surface area (Å²) in [5.41, 5.74) is 6.06. The predicted octanol–water partition coefficient (Wildman–Crippen LogP) is 1.42. The van der Waals surface area contributed by atoms with Gasteiger partial charge in [-0.3, -0.25) is 4.79 Å². The third-order valence-corrected chi connectivity index (χ3v) is 4.03. The molecule has 4 nitrogen and oxygen atoms in total. The molecule has 1 unspecified atom stereocenters. The lowest BCUT2D eigenvalue weighted by molar-refractivity contribution is -0.128. The summed E-state index contributed by atoms with van der Waals surface area (Å²) in [6.07, 6.45) is 0.708. The summed E-state index contributed by atoms with van der Waals surface area (Å²) < 4.78 is 13.9. The Morgan fingerprint density at radius 2 is 2.25 bits per heavy atom. The molecule has 1 aliphatic rings. The van der Waals surface area contributed by atoms with Gasteiger partial charge in [0.2, 0.25) is 5.91 Å². The molecule has 1 fully saturated rings. The Bertz CT molecular complexity index is 563. The molecule has 20 heavy (non-hydrogen) atoms. The lowest BCUT2D eigenvalue weighted by atomic mass is 9.89. The Hall–Kier alpha value is -1.69. The number of anilines is 1. The molecule has 3 N–H and O–H groups in total. The van der Waals surface area contributed by atoms with Crippen molar-refractivity contribution in [1.82, 2.24) is 5.32 Å². The fourth-order valence-electron chi connectivity index (χ4n) is 2.67. The number of nitrogens with one attached hydrogen (secondary N) is 1. The highest BCUT2D eigenvalue weighted by atomic mass is 32.1. The average Bonchev–Trinajstić information content (AvgIpc) is 2.81. The van der Waals surface area contributed by atoms with Gasteiger partial charge in [0.05, 0.1) is 11.0 Å². The number of hydrogen-bond acceptors (Lipinski definition) is 3. The summed E-state index contributed by atoms with van der Waals surface area (Å²) in [6.45, 7) is 3.10. The van der Waals surface area contributed by atoms with Gasteiger partial charge >= 0.3 is 0 Å². The first kappa shape index (κ1) is 14.7. The zero-order chi connectivity index (χ0) is 14.9. The van der Waals surface area contributed by atoms with E-state index in [1.165, 1.54) is 6.07 Å². The number of amides is 1. The molecule has 6 heteroatoms. The van der Waals surface area contributed by atoms with Crippen LogP contribution in [0, 0.1) is 11.2 Å². The van der Waals surface area contributed by atoms with Crippen molar-refractivity contribution in [2.45, 2.75) is 13.3 Å². The van der Waals surface area contributed by atoms with Crippen molar-refractivity contribution in [3.05, 3.63) is 29.6 Å². The van der Waals surface area contributed by atoms with Crippen LogP contribution in [0.3, 0.4) is 0 Å². The molecule has 0 aliphatic carbocycles. The van der Waals surface area contributed by atoms with E-state index in [1.54, 1.807) is 19.2 Å². The van der Waals surface area contributed by atoms with Gasteiger partial charge in [0.1, 0.15) is 10.8 Å². The third-order valence-electron chi connectivity index (χ3n) is 3.83. The Labute approximate surface area is 123 Å². The Kier molecular flexibility index (Phi) is 3.94. The molecule has 2 rings (SSSR count). The topological polar surface area (TPSA) is 58.4 Å². The van der Waals surface area contributed by atoms with Crippen molar-refractivity contribution < 1.29 is 9.18 Å². The summed E-state index contributed by atoms with van der Waals surface area (Å²) in [5.74, 6) is -0.433. The van der Waals surface area contributed by atoms with Crippen molar-refractivity contribution in [1.29, 1.82) is 0 Å². The molecule has 0 bridgehead atoms. The first-order valence-corrected chi connectivity index (χ1v) is 6.85. The quantitative estimate of drug-likeness (QED) is 0.828. The minimum absolute atomic E-state index is 0.00622. The molecule has 0 radical (unpaired) electrons. The molecule has 1 aliphatic heterocycles. The molecular weight excluding hydrogens is 277 g/mol. The summed E-state index contributed by atoms with van der Waals surface area (Å²) in [6, 6.07) is 4.75. The van der Waals surface area contributed by atoms with Crippen LogP contribution >= 0.6 is 12.2 Å². The smallest absolute Gasteiger partial charge is 0.227 e. The standard InChI is InChI=1S/C14H18FN3OS/c1-14(13(19)17-2)6-7-18(8-14)10-5-3-4-9(15)11(10)12(16)20/h3-5H,6-8H2,1-2H3,(H2,16,20)(H,17,19). The lowest BCUT2D eigenvalue weighted by Gasteiger charge is -2.25. The van der Waals surface area contributed by atoms with Crippen molar-refractivity contribution in [3.63, 3.8) is 0 Å². The van der Waals surface area contributed by atoms with Crippen LogP contribution in [0.25, 0.3) is 0 Å². The number of nitrogens with two attached hydrogens (primary N) is 1. The van der Waals surface area contributed by atoms with Gasteiger partial charge in [-0.2, -0.15) is 0 Å². The monoisotopic (exact) mass is 295 g/mol. The zero-order valence-electron chi connectivity index (χ0n) is 11.6. The summed E-state index contributed by atoms with van der Waals surface area (Å²) in [7, 11) is 1.62. The van der Waals surface area contributed by atoms with Crippen LogP contribution in [0.4, 0.5) is 10.1 Å². The molecule has 0 spiro atoms. The Morgan fingerprint density at radius 3 is 2.85 bits per heavy atom. The highest BCUT2D eigenvalue weighted by molar-refractivity contribution is 7.80. The fourth-order valence-corrected chi connectivity index (χ4v) is 2.88. The van der Waals surface area contributed by atoms with Gasteiger partial charge in [0, 0.05) is 25.8 Å². The maximum absolute atomic E-state index is 13.9. The largest absolute Gasteiger partial charge is 0.389 e. The van der Waals surface area contributed by atoms with Gasteiger partial charge in [0.15, 0.2) is 0 Å². The molecule has 0 aromatic heterocycles. The fraction of sp³-hybridized carbons (Fsp3) is 0.429. The third kappa shape index (κ3) is 2.47. The number of thiocarbonyl (C=S) groups is 1. The number of halogens is 1. The van der Waals surface area contributed by atoms with Crippen molar-refractivity contribution in [3.8, 4) is 0 Å². The highest BCUT2D eigenvalue weighted by Gasteiger charge is 2.40. The number of rotatable bonds is 3. The zero-order valence-corrected chi connectivity index (χ0v) is 12.4. The second-order valence-corrected chi connectivity index (χ2v) is 5.75. The van der Waals surface area contributed by atoms with Gasteiger partial charge in [-0.1, -0.05) is 18.3 Å². The van der Waals surface area contributed by atoms with E-state index in [-0.39, 0.29) is 16.5 Å². The number of hydrogen-bond donors (Lipinski definition) is 2. The van der Waals surface area contributed by atoms with Crippen molar-refractivity contribution >= 4 is 28.8 Å². The number of carbonyl (C=O) groups is 1. The maximum atomic E-state index is 13.9. The van der Waals surface area contributed by atoms with E-state index in [2.05, 4.69) is 5.32 Å². The molecule has 0 saturated carbocycles. The molecule has 1 heterocycles. The molecule has 1 aromatic carbocycles. The molecule has 1 amide bonds. The second kappa shape index (κ2) is 5.36. The van der Waals surface area contributed by atoms with Gasteiger partial charge in [-0.15, -0.1) is 0 Å². The molecular formula is C14H18FN3OS. The van der Waals surface area contributed by atoms with E-state index in [0.29, 0.717) is 25.2 Å².